The van der Waals surface area contributed by atoms with Crippen LogP contribution in [0.25, 0.3) is 10.9 Å². The van der Waals surface area contributed by atoms with Gasteiger partial charge in [0.05, 0.1) is 12.1 Å². The van der Waals surface area contributed by atoms with Crippen molar-refractivity contribution in [3.63, 3.8) is 0 Å². The molecule has 2 aliphatic rings. The van der Waals surface area contributed by atoms with Crippen molar-refractivity contribution in [1.82, 2.24) is 15.2 Å². The van der Waals surface area contributed by atoms with Gasteiger partial charge in [-0.05, 0) is 74.8 Å². The van der Waals surface area contributed by atoms with Crippen molar-refractivity contribution >= 4 is 28.2 Å². The topological polar surface area (TPSA) is 48.1 Å². The highest BCUT2D eigenvalue weighted by molar-refractivity contribution is 7.80. The van der Waals surface area contributed by atoms with E-state index in [-0.39, 0.29) is 5.56 Å². The van der Waals surface area contributed by atoms with Gasteiger partial charge < -0.3 is 15.2 Å². The Kier molecular flexibility index (Phi) is 6.23. The maximum atomic E-state index is 12.9. The molecule has 1 heterocycles. The average molecular weight is 412 g/mol. The third kappa shape index (κ3) is 4.66. The van der Waals surface area contributed by atoms with Crippen LogP contribution in [-0.4, -0.2) is 27.1 Å². The first-order valence-corrected chi connectivity index (χ1v) is 11.6. The van der Waals surface area contributed by atoms with Crippen molar-refractivity contribution < 1.29 is 0 Å². The highest BCUT2D eigenvalue weighted by Crippen LogP contribution is 2.26. The number of thiocarbonyl (C=S) groups is 1. The van der Waals surface area contributed by atoms with Gasteiger partial charge in [-0.15, -0.1) is 0 Å². The van der Waals surface area contributed by atoms with Crippen LogP contribution in [0.15, 0.2) is 23.0 Å². The number of aromatic amines is 1. The lowest BCUT2D eigenvalue weighted by Crippen LogP contribution is -2.49. The smallest absolute Gasteiger partial charge is 0.253 e. The number of H-pyrrole nitrogens is 1. The first-order chi connectivity index (χ1) is 14.0. The first-order valence-electron chi connectivity index (χ1n) is 11.2. The van der Waals surface area contributed by atoms with Crippen LogP contribution in [0.3, 0.4) is 0 Å². The monoisotopic (exact) mass is 411 g/mol. The second-order valence-electron chi connectivity index (χ2n) is 9.02. The first kappa shape index (κ1) is 20.4. The van der Waals surface area contributed by atoms with Crippen LogP contribution in [0.1, 0.15) is 74.5 Å². The summed E-state index contributed by atoms with van der Waals surface area (Å²) < 4.78 is 0. The molecule has 4 nitrogen and oxygen atoms in total. The second kappa shape index (κ2) is 8.86. The summed E-state index contributed by atoms with van der Waals surface area (Å²) in [5, 5.41) is 5.58. The van der Waals surface area contributed by atoms with E-state index in [2.05, 4.69) is 47.2 Å². The molecule has 2 aliphatic carbocycles. The summed E-state index contributed by atoms with van der Waals surface area (Å²) in [6, 6.07) is 7.26. The van der Waals surface area contributed by atoms with E-state index >= 15 is 0 Å². The number of nitrogens with zero attached hydrogens (tertiary/aromatic N) is 1. The molecule has 2 N–H and O–H groups in total. The Balaban J connectivity index is 1.60. The number of aryl methyl sites for hydroxylation is 2. The molecule has 0 aliphatic heterocycles. The average Bonchev–Trinajstić information content (AvgIpc) is 3.22. The predicted molar refractivity (Wildman–Crippen MR) is 124 cm³/mol. The van der Waals surface area contributed by atoms with Crippen LogP contribution in [0.5, 0.6) is 0 Å². The number of benzene rings is 1. The largest absolute Gasteiger partial charge is 0.360 e. The Bertz CT molecular complexity index is 939. The zero-order valence-corrected chi connectivity index (χ0v) is 18.5. The SMILES string of the molecule is Cc1cc(C)c2[nH]c(=O)c(CN(C(=S)NC3CCCCC3)C3CCCC3)cc2c1. The maximum absolute atomic E-state index is 12.9. The van der Waals surface area contributed by atoms with E-state index in [4.69, 9.17) is 12.2 Å². The van der Waals surface area contributed by atoms with E-state index in [0.717, 1.165) is 40.0 Å². The van der Waals surface area contributed by atoms with E-state index in [0.29, 0.717) is 18.6 Å². The van der Waals surface area contributed by atoms with E-state index in [1.54, 1.807) is 0 Å². The predicted octanol–water partition coefficient (Wildman–Crippen LogP) is 5.10. The fourth-order valence-electron chi connectivity index (χ4n) is 5.12. The fourth-order valence-corrected chi connectivity index (χ4v) is 5.50. The Morgan fingerprint density at radius 3 is 2.48 bits per heavy atom. The van der Waals surface area contributed by atoms with Crippen LogP contribution in [-0.2, 0) is 6.54 Å². The molecule has 156 valence electrons. The molecule has 1 aromatic heterocycles. The third-order valence-electron chi connectivity index (χ3n) is 6.67. The number of nitrogens with one attached hydrogen (secondary N) is 2. The van der Waals surface area contributed by atoms with Crippen molar-refractivity contribution in [2.75, 3.05) is 0 Å². The van der Waals surface area contributed by atoms with Crippen molar-refractivity contribution in [3.05, 3.63) is 45.2 Å². The van der Waals surface area contributed by atoms with Crippen molar-refractivity contribution in [3.8, 4) is 0 Å². The second-order valence-corrected chi connectivity index (χ2v) is 9.41. The molecule has 0 unspecified atom stereocenters. The fraction of sp³-hybridized carbons (Fsp3) is 0.583. The quantitative estimate of drug-likeness (QED) is 0.688. The molecular formula is C24H33N3OS. The van der Waals surface area contributed by atoms with Crippen LogP contribution >= 0.6 is 12.2 Å². The summed E-state index contributed by atoms with van der Waals surface area (Å²) in [5.74, 6) is 0. The van der Waals surface area contributed by atoms with Gasteiger partial charge in [0, 0.05) is 17.6 Å². The number of rotatable bonds is 4. The minimum atomic E-state index is 0.00733. The number of hydrogen-bond acceptors (Lipinski definition) is 2. The zero-order valence-electron chi connectivity index (χ0n) is 17.7. The van der Waals surface area contributed by atoms with Gasteiger partial charge in [-0.1, -0.05) is 43.7 Å². The molecule has 0 bridgehead atoms. The molecule has 29 heavy (non-hydrogen) atoms. The lowest BCUT2D eigenvalue weighted by molar-refractivity contribution is 0.292. The van der Waals surface area contributed by atoms with Gasteiger partial charge in [0.1, 0.15) is 0 Å². The maximum Gasteiger partial charge on any atom is 0.253 e. The Hall–Kier alpha value is -1.88. The van der Waals surface area contributed by atoms with Gasteiger partial charge in [0.25, 0.3) is 5.56 Å². The highest BCUT2D eigenvalue weighted by atomic mass is 32.1. The molecule has 4 rings (SSSR count). The lowest BCUT2D eigenvalue weighted by atomic mass is 9.96. The van der Waals surface area contributed by atoms with Gasteiger partial charge in [-0.3, -0.25) is 4.79 Å². The molecule has 2 saturated carbocycles. The lowest BCUT2D eigenvalue weighted by Gasteiger charge is -2.34. The van der Waals surface area contributed by atoms with Gasteiger partial charge >= 0.3 is 0 Å². The molecule has 0 radical (unpaired) electrons. The van der Waals surface area contributed by atoms with E-state index in [1.165, 1.54) is 50.5 Å². The van der Waals surface area contributed by atoms with Gasteiger partial charge in [-0.2, -0.15) is 0 Å². The number of aromatic nitrogens is 1. The molecule has 0 saturated heterocycles. The molecule has 0 spiro atoms. The summed E-state index contributed by atoms with van der Waals surface area (Å²) in [7, 11) is 0. The Morgan fingerprint density at radius 1 is 1.07 bits per heavy atom. The normalized spacial score (nSPS) is 18.3. The van der Waals surface area contributed by atoms with E-state index in [1.807, 2.05) is 0 Å². The van der Waals surface area contributed by atoms with E-state index < -0.39 is 0 Å². The Labute approximate surface area is 179 Å². The summed E-state index contributed by atoms with van der Waals surface area (Å²) in [6.45, 7) is 4.74. The summed E-state index contributed by atoms with van der Waals surface area (Å²) in [5.41, 5.74) is 4.09. The molecular weight excluding hydrogens is 378 g/mol. The van der Waals surface area contributed by atoms with Gasteiger partial charge in [0.15, 0.2) is 5.11 Å². The molecule has 2 aromatic rings. The molecule has 2 fully saturated rings. The molecule has 5 heteroatoms. The highest BCUT2D eigenvalue weighted by Gasteiger charge is 2.27. The van der Waals surface area contributed by atoms with E-state index in [9.17, 15) is 4.79 Å². The third-order valence-corrected chi connectivity index (χ3v) is 7.02. The van der Waals surface area contributed by atoms with Crippen molar-refractivity contribution in [2.24, 2.45) is 0 Å². The van der Waals surface area contributed by atoms with Gasteiger partial charge in [0.2, 0.25) is 0 Å². The standard InChI is InChI=1S/C24H33N3OS/c1-16-12-17(2)22-18(13-16)14-19(23(28)26-22)15-27(21-10-6-7-11-21)24(29)25-20-8-4-3-5-9-20/h12-14,20-21H,3-11,15H2,1-2H3,(H,25,29)(H,26,28). The summed E-state index contributed by atoms with van der Waals surface area (Å²) >= 11 is 5.88. The molecule has 0 amide bonds. The number of hydrogen-bond donors (Lipinski definition) is 2. The zero-order chi connectivity index (χ0) is 20.4. The minimum Gasteiger partial charge on any atom is -0.360 e. The van der Waals surface area contributed by atoms with Crippen LogP contribution in [0, 0.1) is 13.8 Å². The summed E-state index contributed by atoms with van der Waals surface area (Å²) in [6.07, 6.45) is 11.1. The van der Waals surface area contributed by atoms with Crippen LogP contribution in [0.2, 0.25) is 0 Å². The van der Waals surface area contributed by atoms with Crippen molar-refractivity contribution in [2.45, 2.75) is 90.3 Å². The molecule has 1 aromatic carbocycles. The van der Waals surface area contributed by atoms with Crippen molar-refractivity contribution in [1.29, 1.82) is 0 Å². The van der Waals surface area contributed by atoms with Crippen LogP contribution in [0.4, 0.5) is 0 Å². The number of pyridine rings is 1. The Morgan fingerprint density at radius 2 is 1.76 bits per heavy atom. The minimum absolute atomic E-state index is 0.00733. The number of fused-ring (bicyclic) bond motifs is 1. The summed E-state index contributed by atoms with van der Waals surface area (Å²) in [4.78, 5) is 18.3. The molecule has 0 atom stereocenters. The van der Waals surface area contributed by atoms with Crippen LogP contribution < -0.4 is 10.9 Å². The van der Waals surface area contributed by atoms with Gasteiger partial charge in [-0.25, -0.2) is 0 Å².